The highest BCUT2D eigenvalue weighted by atomic mass is 79.9. The van der Waals surface area contributed by atoms with Gasteiger partial charge in [0.05, 0.1) is 15.2 Å². The van der Waals surface area contributed by atoms with E-state index in [9.17, 15) is 4.79 Å². The zero-order valence-corrected chi connectivity index (χ0v) is 13.3. The van der Waals surface area contributed by atoms with Gasteiger partial charge in [-0.3, -0.25) is 9.69 Å². The lowest BCUT2D eigenvalue weighted by molar-refractivity contribution is 0.0746. The van der Waals surface area contributed by atoms with Crippen LogP contribution in [0.3, 0.4) is 0 Å². The summed E-state index contributed by atoms with van der Waals surface area (Å²) < 4.78 is 1.02. The first-order valence-electron chi connectivity index (χ1n) is 6.31. The number of piperazine rings is 1. The van der Waals surface area contributed by atoms with Crippen molar-refractivity contribution >= 4 is 33.0 Å². The van der Waals surface area contributed by atoms with Gasteiger partial charge >= 0.3 is 0 Å². The van der Waals surface area contributed by atoms with Crippen molar-refractivity contribution in [2.45, 2.75) is 19.4 Å². The Balaban J connectivity index is 1.92. The highest BCUT2D eigenvalue weighted by Gasteiger charge is 2.24. The van der Waals surface area contributed by atoms with Crippen molar-refractivity contribution < 1.29 is 4.79 Å². The van der Waals surface area contributed by atoms with Crippen molar-refractivity contribution in [3.8, 4) is 0 Å². The van der Waals surface area contributed by atoms with Crippen molar-refractivity contribution in [1.29, 1.82) is 0 Å². The predicted molar refractivity (Wildman–Crippen MR) is 79.5 cm³/mol. The molecular formula is C13H19BrN2OS. The number of carbonyl (C=O) groups is 1. The Bertz CT molecular complexity index is 421. The minimum Gasteiger partial charge on any atom is -0.301 e. The molecule has 3 nitrogen and oxygen atoms in total. The fraction of sp³-hybridized carbons (Fsp3) is 0.615. The van der Waals surface area contributed by atoms with Crippen molar-refractivity contribution in [3.63, 3.8) is 0 Å². The SMILES string of the molecule is CCC1CN(CC(=O)c2ccc(Br)s2)CCN1C. The summed E-state index contributed by atoms with van der Waals surface area (Å²) in [6, 6.07) is 4.43. The number of carbonyl (C=O) groups excluding carboxylic acids is 1. The third kappa shape index (κ3) is 3.41. The summed E-state index contributed by atoms with van der Waals surface area (Å²) in [5.41, 5.74) is 0. The summed E-state index contributed by atoms with van der Waals surface area (Å²) in [5.74, 6) is 0.241. The van der Waals surface area contributed by atoms with Gasteiger partial charge in [0.15, 0.2) is 5.78 Å². The van der Waals surface area contributed by atoms with E-state index in [-0.39, 0.29) is 5.78 Å². The van der Waals surface area contributed by atoms with Crippen LogP contribution < -0.4 is 0 Å². The molecule has 100 valence electrons. The average Bonchev–Trinajstić information content (AvgIpc) is 2.78. The second-order valence-electron chi connectivity index (χ2n) is 4.80. The van der Waals surface area contributed by atoms with E-state index >= 15 is 0 Å². The lowest BCUT2D eigenvalue weighted by atomic mass is 10.1. The standard InChI is InChI=1S/C13H19BrN2OS/c1-3-10-8-16(7-6-15(10)2)9-11(17)12-4-5-13(14)18-12/h4-5,10H,3,6-9H2,1-2H3. The molecule has 0 spiro atoms. The minimum absolute atomic E-state index is 0.241. The van der Waals surface area contributed by atoms with Gasteiger partial charge in [0, 0.05) is 25.7 Å². The monoisotopic (exact) mass is 330 g/mol. The second kappa shape index (κ2) is 6.28. The summed E-state index contributed by atoms with van der Waals surface area (Å²) in [6.45, 7) is 5.82. The third-order valence-corrected chi connectivity index (χ3v) is 5.21. The maximum absolute atomic E-state index is 12.1. The number of halogens is 1. The van der Waals surface area contributed by atoms with Crippen molar-refractivity contribution in [2.24, 2.45) is 0 Å². The van der Waals surface area contributed by atoms with E-state index < -0.39 is 0 Å². The summed E-state index contributed by atoms with van der Waals surface area (Å²) in [4.78, 5) is 17.7. The number of rotatable bonds is 4. The first kappa shape index (κ1) is 14.2. The average molecular weight is 331 g/mol. The lowest BCUT2D eigenvalue weighted by Gasteiger charge is -2.38. The molecule has 2 rings (SSSR count). The van der Waals surface area contributed by atoms with E-state index in [1.54, 1.807) is 0 Å². The molecule has 1 aliphatic heterocycles. The fourth-order valence-corrected chi connectivity index (χ4v) is 3.66. The Labute approximate surface area is 121 Å². The van der Waals surface area contributed by atoms with Crippen LogP contribution in [-0.4, -0.2) is 54.9 Å². The minimum atomic E-state index is 0.241. The van der Waals surface area contributed by atoms with E-state index in [1.165, 1.54) is 11.3 Å². The predicted octanol–water partition coefficient (Wildman–Crippen LogP) is 2.72. The number of hydrogen-bond donors (Lipinski definition) is 0. The smallest absolute Gasteiger partial charge is 0.186 e. The summed E-state index contributed by atoms with van der Waals surface area (Å²) in [6.07, 6.45) is 1.14. The van der Waals surface area contributed by atoms with E-state index in [2.05, 4.69) is 39.7 Å². The Morgan fingerprint density at radius 3 is 2.89 bits per heavy atom. The van der Waals surface area contributed by atoms with Gasteiger partial charge in [0.1, 0.15) is 0 Å². The van der Waals surface area contributed by atoms with Crippen LogP contribution in [0.15, 0.2) is 15.9 Å². The Morgan fingerprint density at radius 1 is 1.50 bits per heavy atom. The molecule has 0 aliphatic carbocycles. The van der Waals surface area contributed by atoms with Crippen LogP contribution >= 0.6 is 27.3 Å². The molecule has 1 unspecified atom stereocenters. The number of hydrogen-bond acceptors (Lipinski definition) is 4. The molecule has 2 heterocycles. The topological polar surface area (TPSA) is 23.6 Å². The molecule has 1 fully saturated rings. The Hall–Kier alpha value is -0.230. The molecule has 5 heteroatoms. The van der Waals surface area contributed by atoms with Gasteiger partial charge < -0.3 is 4.90 Å². The molecule has 0 saturated carbocycles. The van der Waals surface area contributed by atoms with Crippen LogP contribution in [-0.2, 0) is 0 Å². The molecule has 0 N–H and O–H groups in total. The van der Waals surface area contributed by atoms with Gasteiger partial charge in [0.25, 0.3) is 0 Å². The molecule has 1 aliphatic rings. The van der Waals surface area contributed by atoms with Crippen LogP contribution in [0.25, 0.3) is 0 Å². The van der Waals surface area contributed by atoms with Gasteiger partial charge in [-0.25, -0.2) is 0 Å². The zero-order valence-electron chi connectivity index (χ0n) is 10.9. The first-order valence-corrected chi connectivity index (χ1v) is 7.92. The normalized spacial score (nSPS) is 22.3. The van der Waals surface area contributed by atoms with Crippen molar-refractivity contribution in [1.82, 2.24) is 9.80 Å². The van der Waals surface area contributed by atoms with Crippen LogP contribution in [0.4, 0.5) is 0 Å². The lowest BCUT2D eigenvalue weighted by Crippen LogP contribution is -2.52. The number of likely N-dealkylation sites (N-methyl/N-ethyl adjacent to an activating group) is 1. The molecule has 0 amide bonds. The maximum atomic E-state index is 12.1. The van der Waals surface area contributed by atoms with Crippen LogP contribution in [0.5, 0.6) is 0 Å². The van der Waals surface area contributed by atoms with E-state index in [4.69, 9.17) is 0 Å². The quantitative estimate of drug-likeness (QED) is 0.793. The third-order valence-electron chi connectivity index (χ3n) is 3.55. The highest BCUT2D eigenvalue weighted by molar-refractivity contribution is 9.11. The van der Waals surface area contributed by atoms with Gasteiger partial charge in [-0.05, 0) is 41.5 Å². The molecule has 0 radical (unpaired) electrons. The maximum Gasteiger partial charge on any atom is 0.186 e. The number of Topliss-reactive ketones (excluding diaryl/α,β-unsaturated/α-hetero) is 1. The van der Waals surface area contributed by atoms with Crippen LogP contribution in [0.2, 0.25) is 0 Å². The molecule has 1 saturated heterocycles. The van der Waals surface area contributed by atoms with E-state index in [0.717, 1.165) is 34.7 Å². The fourth-order valence-electron chi connectivity index (χ4n) is 2.34. The molecule has 1 aromatic rings. The zero-order chi connectivity index (χ0) is 13.1. The Kier molecular flexibility index (Phi) is 4.95. The number of thiophene rings is 1. The van der Waals surface area contributed by atoms with Gasteiger partial charge in [-0.15, -0.1) is 11.3 Å². The van der Waals surface area contributed by atoms with E-state index in [1.807, 2.05) is 12.1 Å². The highest BCUT2D eigenvalue weighted by Crippen LogP contribution is 2.23. The van der Waals surface area contributed by atoms with Gasteiger partial charge in [-0.1, -0.05) is 6.92 Å². The van der Waals surface area contributed by atoms with Crippen LogP contribution in [0, 0.1) is 0 Å². The van der Waals surface area contributed by atoms with Crippen molar-refractivity contribution in [3.05, 3.63) is 20.8 Å². The Morgan fingerprint density at radius 2 is 2.28 bits per heavy atom. The first-order chi connectivity index (χ1) is 8.60. The summed E-state index contributed by atoms with van der Waals surface area (Å²) in [5, 5.41) is 0. The molecule has 0 bridgehead atoms. The molecule has 18 heavy (non-hydrogen) atoms. The number of ketones is 1. The summed E-state index contributed by atoms with van der Waals surface area (Å²) in [7, 11) is 2.17. The van der Waals surface area contributed by atoms with Crippen molar-refractivity contribution in [2.75, 3.05) is 33.2 Å². The molecule has 0 aromatic carbocycles. The molecular weight excluding hydrogens is 312 g/mol. The van der Waals surface area contributed by atoms with E-state index in [0.29, 0.717) is 12.6 Å². The number of nitrogens with zero attached hydrogens (tertiary/aromatic N) is 2. The molecule has 1 aromatic heterocycles. The second-order valence-corrected chi connectivity index (χ2v) is 7.27. The summed E-state index contributed by atoms with van der Waals surface area (Å²) >= 11 is 4.92. The molecule has 1 atom stereocenters. The van der Waals surface area contributed by atoms with Gasteiger partial charge in [0.2, 0.25) is 0 Å². The van der Waals surface area contributed by atoms with Gasteiger partial charge in [-0.2, -0.15) is 0 Å². The van der Waals surface area contributed by atoms with Crippen LogP contribution in [0.1, 0.15) is 23.0 Å². The largest absolute Gasteiger partial charge is 0.301 e.